The molecule has 0 radical (unpaired) electrons. The second-order valence-corrected chi connectivity index (χ2v) is 6.43. The lowest BCUT2D eigenvalue weighted by Gasteiger charge is -2.35. The zero-order valence-corrected chi connectivity index (χ0v) is 14.2. The van der Waals surface area contributed by atoms with Crippen molar-refractivity contribution in [2.75, 3.05) is 6.54 Å². The van der Waals surface area contributed by atoms with Gasteiger partial charge in [0.05, 0.1) is 0 Å². The van der Waals surface area contributed by atoms with Gasteiger partial charge in [-0.1, -0.05) is 54.6 Å². The Morgan fingerprint density at radius 2 is 1.92 bits per heavy atom. The Labute approximate surface area is 152 Å². The lowest BCUT2D eigenvalue weighted by Crippen LogP contribution is -2.40. The van der Waals surface area contributed by atoms with Crippen molar-refractivity contribution in [3.8, 4) is 6.07 Å². The standard InChI is InChI=1S/C21H18N4O/c22-12-20-23-10-11-24(20)15-21(26)25-13-17-8-4-5-9-18(17)19(14-25)16-6-2-1-3-7-16/h1-11,19H,13-15H2/t19-/m0/s1. The highest BCUT2D eigenvalue weighted by atomic mass is 16.2. The molecule has 0 saturated heterocycles. The van der Waals surface area contributed by atoms with Crippen LogP contribution >= 0.6 is 0 Å². The highest BCUT2D eigenvalue weighted by molar-refractivity contribution is 5.77. The van der Waals surface area contributed by atoms with E-state index < -0.39 is 0 Å². The van der Waals surface area contributed by atoms with E-state index in [-0.39, 0.29) is 24.2 Å². The van der Waals surface area contributed by atoms with Crippen LogP contribution in [0.4, 0.5) is 0 Å². The highest BCUT2D eigenvalue weighted by Crippen LogP contribution is 2.33. The summed E-state index contributed by atoms with van der Waals surface area (Å²) in [6.45, 7) is 1.36. The Hall–Kier alpha value is -3.39. The minimum atomic E-state index is -0.00469. The normalized spacial score (nSPS) is 16.0. The Morgan fingerprint density at radius 3 is 2.73 bits per heavy atom. The number of aromatic nitrogens is 2. The molecule has 2 aromatic carbocycles. The van der Waals surface area contributed by atoms with Gasteiger partial charge in [-0.2, -0.15) is 5.26 Å². The molecule has 5 heteroatoms. The first-order valence-corrected chi connectivity index (χ1v) is 8.58. The van der Waals surface area contributed by atoms with Gasteiger partial charge in [0.2, 0.25) is 11.7 Å². The minimum absolute atomic E-state index is 0.00469. The second-order valence-electron chi connectivity index (χ2n) is 6.43. The van der Waals surface area contributed by atoms with Crippen molar-refractivity contribution in [2.24, 2.45) is 0 Å². The third-order valence-corrected chi connectivity index (χ3v) is 4.87. The summed E-state index contributed by atoms with van der Waals surface area (Å²) in [5, 5.41) is 9.09. The van der Waals surface area contributed by atoms with Gasteiger partial charge >= 0.3 is 0 Å². The summed E-state index contributed by atoms with van der Waals surface area (Å²) in [4.78, 5) is 18.7. The summed E-state index contributed by atoms with van der Waals surface area (Å²) in [5.74, 6) is 0.411. The van der Waals surface area contributed by atoms with Crippen LogP contribution in [0.2, 0.25) is 0 Å². The Bertz CT molecular complexity index is 971. The van der Waals surface area contributed by atoms with Crippen molar-refractivity contribution in [3.63, 3.8) is 0 Å². The molecular weight excluding hydrogens is 324 g/mol. The molecule has 0 unspecified atom stereocenters. The van der Waals surface area contributed by atoms with Crippen LogP contribution in [0, 0.1) is 11.3 Å². The van der Waals surface area contributed by atoms with Crippen molar-refractivity contribution < 1.29 is 4.79 Å². The van der Waals surface area contributed by atoms with Gasteiger partial charge in [-0.3, -0.25) is 4.79 Å². The molecule has 2 heterocycles. The SMILES string of the molecule is N#Cc1nccn1CC(=O)N1Cc2ccccc2[C@H](c2ccccc2)C1. The van der Waals surface area contributed by atoms with Crippen LogP contribution in [0.25, 0.3) is 0 Å². The molecule has 128 valence electrons. The third-order valence-electron chi connectivity index (χ3n) is 4.87. The molecule has 3 aromatic rings. The molecule has 1 atom stereocenters. The number of carbonyl (C=O) groups excluding carboxylic acids is 1. The molecule has 1 amide bonds. The average Bonchev–Trinajstić information content (AvgIpc) is 3.15. The van der Waals surface area contributed by atoms with E-state index in [1.165, 1.54) is 16.7 Å². The summed E-state index contributed by atoms with van der Waals surface area (Å²) < 4.78 is 1.60. The van der Waals surface area contributed by atoms with Crippen LogP contribution in [-0.2, 0) is 17.9 Å². The Morgan fingerprint density at radius 1 is 1.15 bits per heavy atom. The molecule has 1 aromatic heterocycles. The van der Waals surface area contributed by atoms with Gasteiger partial charge in [-0.05, 0) is 16.7 Å². The summed E-state index contributed by atoms with van der Waals surface area (Å²) in [6, 6.07) is 20.6. The van der Waals surface area contributed by atoms with Gasteiger partial charge in [-0.15, -0.1) is 0 Å². The van der Waals surface area contributed by atoms with Crippen LogP contribution in [0.1, 0.15) is 28.4 Å². The van der Waals surface area contributed by atoms with Gasteiger partial charge < -0.3 is 9.47 Å². The number of carbonyl (C=O) groups is 1. The molecule has 0 bridgehead atoms. The number of fused-ring (bicyclic) bond motifs is 1. The van der Waals surface area contributed by atoms with Crippen molar-refractivity contribution in [1.82, 2.24) is 14.5 Å². The van der Waals surface area contributed by atoms with E-state index in [1.54, 1.807) is 17.0 Å². The highest BCUT2D eigenvalue weighted by Gasteiger charge is 2.29. The van der Waals surface area contributed by atoms with Gasteiger partial charge in [0.25, 0.3) is 0 Å². The minimum Gasteiger partial charge on any atom is -0.336 e. The molecule has 4 rings (SSSR count). The maximum absolute atomic E-state index is 12.9. The van der Waals surface area contributed by atoms with E-state index in [0.717, 1.165) is 0 Å². The molecule has 1 aliphatic rings. The lowest BCUT2D eigenvalue weighted by atomic mass is 9.84. The smallest absolute Gasteiger partial charge is 0.242 e. The fourth-order valence-electron chi connectivity index (χ4n) is 3.56. The van der Waals surface area contributed by atoms with Crippen LogP contribution < -0.4 is 0 Å². The molecule has 26 heavy (non-hydrogen) atoms. The Balaban J connectivity index is 1.63. The summed E-state index contributed by atoms with van der Waals surface area (Å²) in [5.41, 5.74) is 3.66. The number of amides is 1. The molecule has 1 aliphatic heterocycles. The lowest BCUT2D eigenvalue weighted by molar-refractivity contribution is -0.133. The van der Waals surface area contributed by atoms with E-state index in [2.05, 4.69) is 35.3 Å². The second kappa shape index (κ2) is 6.85. The predicted molar refractivity (Wildman–Crippen MR) is 97.1 cm³/mol. The summed E-state index contributed by atoms with van der Waals surface area (Å²) in [7, 11) is 0. The van der Waals surface area contributed by atoms with E-state index in [1.807, 2.05) is 35.2 Å². The summed E-state index contributed by atoms with van der Waals surface area (Å²) >= 11 is 0. The maximum Gasteiger partial charge on any atom is 0.242 e. The summed E-state index contributed by atoms with van der Waals surface area (Å²) in [6.07, 6.45) is 3.22. The first-order valence-electron chi connectivity index (χ1n) is 8.58. The number of imidazole rings is 1. The fraction of sp³-hybridized carbons (Fsp3) is 0.190. The van der Waals surface area contributed by atoms with Gasteiger partial charge in [-0.25, -0.2) is 4.98 Å². The van der Waals surface area contributed by atoms with Gasteiger partial charge in [0.1, 0.15) is 12.6 Å². The molecular formula is C21H18N4O. The zero-order valence-electron chi connectivity index (χ0n) is 14.2. The van der Waals surface area contributed by atoms with Gasteiger partial charge in [0.15, 0.2) is 0 Å². The van der Waals surface area contributed by atoms with E-state index in [4.69, 9.17) is 5.26 Å². The number of rotatable bonds is 3. The predicted octanol–water partition coefficient (Wildman–Crippen LogP) is 2.93. The topological polar surface area (TPSA) is 61.9 Å². The van der Waals surface area contributed by atoms with Crippen molar-refractivity contribution in [3.05, 3.63) is 89.5 Å². The number of nitriles is 1. The Kier molecular flexibility index (Phi) is 4.24. The largest absolute Gasteiger partial charge is 0.336 e. The quantitative estimate of drug-likeness (QED) is 0.735. The number of nitrogens with zero attached hydrogens (tertiary/aromatic N) is 4. The van der Waals surface area contributed by atoms with E-state index in [9.17, 15) is 4.79 Å². The molecule has 0 aliphatic carbocycles. The molecule has 0 saturated carbocycles. The fourth-order valence-corrected chi connectivity index (χ4v) is 3.56. The van der Waals surface area contributed by atoms with E-state index in [0.29, 0.717) is 13.1 Å². The first kappa shape index (κ1) is 16.1. The van der Waals surface area contributed by atoms with Crippen LogP contribution in [0.5, 0.6) is 0 Å². The average molecular weight is 342 g/mol. The van der Waals surface area contributed by atoms with E-state index >= 15 is 0 Å². The first-order chi connectivity index (χ1) is 12.8. The third kappa shape index (κ3) is 2.98. The van der Waals surface area contributed by atoms with Crippen LogP contribution in [-0.4, -0.2) is 26.9 Å². The molecule has 0 spiro atoms. The van der Waals surface area contributed by atoms with Gasteiger partial charge in [0, 0.05) is 31.4 Å². The number of hydrogen-bond acceptors (Lipinski definition) is 3. The molecule has 0 fully saturated rings. The van der Waals surface area contributed by atoms with Crippen molar-refractivity contribution in [2.45, 2.75) is 19.0 Å². The van der Waals surface area contributed by atoms with Crippen molar-refractivity contribution >= 4 is 5.91 Å². The molecule has 5 nitrogen and oxygen atoms in total. The van der Waals surface area contributed by atoms with Crippen molar-refractivity contribution in [1.29, 1.82) is 5.26 Å². The number of hydrogen-bond donors (Lipinski definition) is 0. The zero-order chi connectivity index (χ0) is 17.9. The molecule has 0 N–H and O–H groups in total. The van der Waals surface area contributed by atoms with Crippen LogP contribution in [0.15, 0.2) is 67.0 Å². The number of benzene rings is 2. The maximum atomic E-state index is 12.9. The van der Waals surface area contributed by atoms with Crippen LogP contribution in [0.3, 0.4) is 0 Å². The monoisotopic (exact) mass is 342 g/mol.